The third-order valence-electron chi connectivity index (χ3n) is 2.29. The van der Waals surface area contributed by atoms with E-state index in [1.54, 1.807) is 0 Å². The highest BCUT2D eigenvalue weighted by Gasteiger charge is 2.02. The maximum absolute atomic E-state index is 6.12. The average molecular weight is 227 g/mol. The van der Waals surface area contributed by atoms with Gasteiger partial charge in [-0.25, -0.2) is 0 Å². The minimum atomic E-state index is 0.733. The molecule has 1 rings (SSSR count). The second kappa shape index (κ2) is 6.73. The van der Waals surface area contributed by atoms with Crippen LogP contribution >= 0.6 is 11.6 Å². The number of hydrogen-bond donors (Lipinski definition) is 0. The summed E-state index contributed by atoms with van der Waals surface area (Å²) in [6.45, 7) is 5.07. The molecule has 0 aliphatic carbocycles. The van der Waals surface area contributed by atoms with Crippen molar-refractivity contribution in [3.63, 3.8) is 0 Å². The quantitative estimate of drug-likeness (QED) is 0.651. The molecule has 0 bridgehead atoms. The number of rotatable bonds is 6. The molecule has 0 unspecified atom stereocenters. The molecule has 0 heterocycles. The molecule has 0 N–H and O–H groups in total. The van der Waals surface area contributed by atoms with Crippen LogP contribution in [0.5, 0.6) is 5.75 Å². The molecule has 1 aromatic rings. The van der Waals surface area contributed by atoms with E-state index in [9.17, 15) is 0 Å². The SMILES string of the molecule is CCCCOc1ccc(CCC)cc1Cl. The van der Waals surface area contributed by atoms with Crippen molar-refractivity contribution < 1.29 is 4.74 Å². The maximum Gasteiger partial charge on any atom is 0.137 e. The Morgan fingerprint density at radius 2 is 2.00 bits per heavy atom. The lowest BCUT2D eigenvalue weighted by atomic mass is 10.1. The molecule has 0 amide bonds. The third kappa shape index (κ3) is 4.13. The first-order chi connectivity index (χ1) is 7.27. The first-order valence-corrected chi connectivity index (χ1v) is 6.07. The molecule has 0 radical (unpaired) electrons. The van der Waals surface area contributed by atoms with Crippen LogP contribution in [0.4, 0.5) is 0 Å². The summed E-state index contributed by atoms with van der Waals surface area (Å²) in [5, 5.41) is 0.733. The summed E-state index contributed by atoms with van der Waals surface area (Å²) < 4.78 is 5.58. The van der Waals surface area contributed by atoms with Crippen molar-refractivity contribution in [1.82, 2.24) is 0 Å². The Morgan fingerprint density at radius 1 is 1.20 bits per heavy atom. The molecular formula is C13H19ClO. The van der Waals surface area contributed by atoms with Gasteiger partial charge in [-0.05, 0) is 30.5 Å². The van der Waals surface area contributed by atoms with Crippen molar-refractivity contribution in [3.05, 3.63) is 28.8 Å². The monoisotopic (exact) mass is 226 g/mol. The molecule has 0 spiro atoms. The topological polar surface area (TPSA) is 9.23 Å². The highest BCUT2D eigenvalue weighted by atomic mass is 35.5. The van der Waals surface area contributed by atoms with E-state index in [2.05, 4.69) is 19.9 Å². The third-order valence-corrected chi connectivity index (χ3v) is 2.59. The number of hydrogen-bond acceptors (Lipinski definition) is 1. The van der Waals surface area contributed by atoms with E-state index in [0.29, 0.717) is 0 Å². The van der Waals surface area contributed by atoms with Crippen LogP contribution in [0, 0.1) is 0 Å². The van der Waals surface area contributed by atoms with Gasteiger partial charge in [-0.2, -0.15) is 0 Å². The fourth-order valence-corrected chi connectivity index (χ4v) is 1.69. The molecule has 0 aliphatic rings. The van der Waals surface area contributed by atoms with Gasteiger partial charge in [0.05, 0.1) is 11.6 Å². The molecule has 84 valence electrons. The van der Waals surface area contributed by atoms with Gasteiger partial charge in [-0.1, -0.05) is 44.4 Å². The van der Waals surface area contributed by atoms with Crippen molar-refractivity contribution in [2.24, 2.45) is 0 Å². The molecule has 0 aromatic heterocycles. The Hall–Kier alpha value is -0.690. The maximum atomic E-state index is 6.12. The molecule has 0 fully saturated rings. The first-order valence-electron chi connectivity index (χ1n) is 5.69. The smallest absolute Gasteiger partial charge is 0.137 e. The van der Waals surface area contributed by atoms with E-state index >= 15 is 0 Å². The highest BCUT2D eigenvalue weighted by Crippen LogP contribution is 2.26. The highest BCUT2D eigenvalue weighted by molar-refractivity contribution is 6.32. The molecule has 15 heavy (non-hydrogen) atoms. The number of halogens is 1. The van der Waals surface area contributed by atoms with E-state index in [1.807, 2.05) is 12.1 Å². The van der Waals surface area contributed by atoms with Crippen molar-refractivity contribution in [1.29, 1.82) is 0 Å². The summed E-state index contributed by atoms with van der Waals surface area (Å²) >= 11 is 6.12. The molecule has 0 aliphatic heterocycles. The number of ether oxygens (including phenoxy) is 1. The lowest BCUT2D eigenvalue weighted by Gasteiger charge is -2.08. The zero-order chi connectivity index (χ0) is 11.1. The van der Waals surface area contributed by atoms with E-state index in [4.69, 9.17) is 16.3 Å². The van der Waals surface area contributed by atoms with Crippen molar-refractivity contribution in [2.45, 2.75) is 39.5 Å². The van der Waals surface area contributed by atoms with Gasteiger partial charge in [0.15, 0.2) is 0 Å². The molecule has 1 nitrogen and oxygen atoms in total. The Morgan fingerprint density at radius 3 is 2.60 bits per heavy atom. The second-order valence-electron chi connectivity index (χ2n) is 3.72. The summed E-state index contributed by atoms with van der Waals surface area (Å²) in [5.41, 5.74) is 1.28. The van der Waals surface area contributed by atoms with Crippen LogP contribution in [0.2, 0.25) is 5.02 Å². The van der Waals surface area contributed by atoms with Crippen LogP contribution < -0.4 is 4.74 Å². The Labute approximate surface area is 97.4 Å². The molecule has 2 heteroatoms. The van der Waals surface area contributed by atoms with Crippen molar-refractivity contribution in [3.8, 4) is 5.75 Å². The van der Waals surface area contributed by atoms with Crippen LogP contribution in [0.3, 0.4) is 0 Å². The minimum absolute atomic E-state index is 0.733. The predicted molar refractivity (Wildman–Crippen MR) is 65.9 cm³/mol. The summed E-state index contributed by atoms with van der Waals surface area (Å²) in [6.07, 6.45) is 4.44. The number of benzene rings is 1. The Kier molecular flexibility index (Phi) is 5.56. The summed E-state index contributed by atoms with van der Waals surface area (Å²) in [5.74, 6) is 0.810. The van der Waals surface area contributed by atoms with Crippen molar-refractivity contribution >= 4 is 11.6 Å². The lowest BCUT2D eigenvalue weighted by Crippen LogP contribution is -1.97. The zero-order valence-corrected chi connectivity index (χ0v) is 10.3. The normalized spacial score (nSPS) is 10.3. The van der Waals surface area contributed by atoms with Gasteiger partial charge in [-0.3, -0.25) is 0 Å². The first kappa shape index (κ1) is 12.4. The zero-order valence-electron chi connectivity index (χ0n) is 9.55. The molecule has 0 saturated heterocycles. The van der Waals surface area contributed by atoms with Gasteiger partial charge in [-0.15, -0.1) is 0 Å². The predicted octanol–water partition coefficient (Wildman–Crippen LogP) is 4.47. The van der Waals surface area contributed by atoms with Gasteiger partial charge in [0.25, 0.3) is 0 Å². The molecule has 0 saturated carbocycles. The Bertz CT molecular complexity index is 297. The Balaban J connectivity index is 2.58. The summed E-state index contributed by atoms with van der Waals surface area (Å²) in [7, 11) is 0. The molecule has 0 atom stereocenters. The molecular weight excluding hydrogens is 208 g/mol. The van der Waals surface area contributed by atoms with Crippen LogP contribution in [0.15, 0.2) is 18.2 Å². The van der Waals surface area contributed by atoms with Gasteiger partial charge in [0, 0.05) is 0 Å². The van der Waals surface area contributed by atoms with E-state index < -0.39 is 0 Å². The van der Waals surface area contributed by atoms with Gasteiger partial charge in [0.1, 0.15) is 5.75 Å². The van der Waals surface area contributed by atoms with Crippen LogP contribution in [0.1, 0.15) is 38.7 Å². The van der Waals surface area contributed by atoms with Crippen molar-refractivity contribution in [2.75, 3.05) is 6.61 Å². The fourth-order valence-electron chi connectivity index (χ4n) is 1.43. The average Bonchev–Trinajstić information content (AvgIpc) is 2.22. The van der Waals surface area contributed by atoms with E-state index in [1.165, 1.54) is 5.56 Å². The van der Waals surface area contributed by atoms with Gasteiger partial charge in [0.2, 0.25) is 0 Å². The van der Waals surface area contributed by atoms with E-state index in [0.717, 1.165) is 43.1 Å². The largest absolute Gasteiger partial charge is 0.492 e. The van der Waals surface area contributed by atoms with Crippen LogP contribution in [-0.4, -0.2) is 6.61 Å². The van der Waals surface area contributed by atoms with Gasteiger partial charge >= 0.3 is 0 Å². The number of unbranched alkanes of at least 4 members (excludes halogenated alkanes) is 1. The lowest BCUT2D eigenvalue weighted by molar-refractivity contribution is 0.309. The summed E-state index contributed by atoms with van der Waals surface area (Å²) in [6, 6.07) is 6.08. The molecule has 1 aromatic carbocycles. The van der Waals surface area contributed by atoms with Gasteiger partial charge < -0.3 is 4.74 Å². The number of aryl methyl sites for hydroxylation is 1. The van der Waals surface area contributed by atoms with E-state index in [-0.39, 0.29) is 0 Å². The standard InChI is InChI=1S/C13H19ClO/c1-3-5-9-15-13-8-7-11(6-4-2)10-12(13)14/h7-8,10H,3-6,9H2,1-2H3. The van der Waals surface area contributed by atoms with Crippen LogP contribution in [-0.2, 0) is 6.42 Å². The summed E-state index contributed by atoms with van der Waals surface area (Å²) in [4.78, 5) is 0. The fraction of sp³-hybridized carbons (Fsp3) is 0.538. The second-order valence-corrected chi connectivity index (χ2v) is 4.12. The van der Waals surface area contributed by atoms with Crippen LogP contribution in [0.25, 0.3) is 0 Å². The minimum Gasteiger partial charge on any atom is -0.492 e.